The third-order valence-electron chi connectivity index (χ3n) is 3.74. The molecule has 7 heteroatoms. The highest BCUT2D eigenvalue weighted by Gasteiger charge is 2.42. The first-order valence-corrected chi connectivity index (χ1v) is 6.77. The van der Waals surface area contributed by atoms with Crippen molar-refractivity contribution in [1.82, 2.24) is 15.2 Å². The fraction of sp³-hybridized carbons (Fsp3) is 0.333. The molecule has 0 saturated carbocycles. The Hall–Kier alpha value is -2.49. The Bertz CT molecular complexity index is 732. The molecule has 0 fully saturated rings. The van der Waals surface area contributed by atoms with Crippen LogP contribution >= 0.6 is 0 Å². The molecule has 0 radical (unpaired) electrons. The molecule has 1 aromatic carbocycles. The molecule has 0 spiro atoms. The maximum atomic E-state index is 12.8. The summed E-state index contributed by atoms with van der Waals surface area (Å²) >= 11 is 0. The second-order valence-corrected chi connectivity index (χ2v) is 5.20. The Kier molecular flexibility index (Phi) is 3.53. The zero-order valence-corrected chi connectivity index (χ0v) is 11.4. The van der Waals surface area contributed by atoms with Crippen LogP contribution in [0.2, 0.25) is 0 Å². The summed E-state index contributed by atoms with van der Waals surface area (Å²) in [7, 11) is 0. The van der Waals surface area contributed by atoms with E-state index in [-0.39, 0.29) is 19.3 Å². The number of fused-ring (bicyclic) bond motifs is 1. The SMILES string of the molecule is N#Cc1ccc(-c2nnc3c(n2)CCC(C(F)(F)F)C3)cc1. The third-order valence-corrected chi connectivity index (χ3v) is 3.74. The maximum absolute atomic E-state index is 12.8. The van der Waals surface area contributed by atoms with Gasteiger partial charge in [0.1, 0.15) is 0 Å². The lowest BCUT2D eigenvalue weighted by molar-refractivity contribution is -0.177. The Balaban J connectivity index is 1.88. The van der Waals surface area contributed by atoms with E-state index in [0.29, 0.717) is 28.3 Å². The van der Waals surface area contributed by atoms with Crippen LogP contribution in [0.1, 0.15) is 23.4 Å². The molecule has 1 aromatic heterocycles. The summed E-state index contributed by atoms with van der Waals surface area (Å²) in [6.07, 6.45) is -4.09. The molecule has 3 rings (SSSR count). The van der Waals surface area contributed by atoms with E-state index in [4.69, 9.17) is 5.26 Å². The van der Waals surface area contributed by atoms with Gasteiger partial charge in [0.15, 0.2) is 5.82 Å². The lowest BCUT2D eigenvalue weighted by atomic mass is 9.89. The first-order valence-electron chi connectivity index (χ1n) is 6.77. The van der Waals surface area contributed by atoms with Gasteiger partial charge in [-0.2, -0.15) is 23.5 Å². The number of hydrogen-bond donors (Lipinski definition) is 0. The van der Waals surface area contributed by atoms with Crippen molar-refractivity contribution in [2.75, 3.05) is 0 Å². The third kappa shape index (κ3) is 2.77. The molecule has 0 saturated heterocycles. The van der Waals surface area contributed by atoms with Gasteiger partial charge >= 0.3 is 6.18 Å². The zero-order valence-electron chi connectivity index (χ0n) is 11.4. The van der Waals surface area contributed by atoms with Gasteiger partial charge in [-0.05, 0) is 37.1 Å². The Morgan fingerprint density at radius 3 is 2.45 bits per heavy atom. The van der Waals surface area contributed by atoms with Crippen molar-refractivity contribution >= 4 is 0 Å². The number of aryl methyl sites for hydroxylation is 1. The first-order chi connectivity index (χ1) is 10.5. The lowest BCUT2D eigenvalue weighted by Gasteiger charge is -2.24. The van der Waals surface area contributed by atoms with Crippen LogP contribution in [0.3, 0.4) is 0 Å². The summed E-state index contributed by atoms with van der Waals surface area (Å²) in [5.41, 5.74) is 2.11. The van der Waals surface area contributed by atoms with Gasteiger partial charge in [0.25, 0.3) is 0 Å². The van der Waals surface area contributed by atoms with Gasteiger partial charge in [0, 0.05) is 12.0 Å². The van der Waals surface area contributed by atoms with E-state index in [2.05, 4.69) is 15.2 Å². The summed E-state index contributed by atoms with van der Waals surface area (Å²) in [6, 6.07) is 8.68. The quantitative estimate of drug-likeness (QED) is 0.812. The second-order valence-electron chi connectivity index (χ2n) is 5.20. The second kappa shape index (κ2) is 5.37. The number of nitrogens with zero attached hydrogens (tertiary/aromatic N) is 4. The van der Waals surface area contributed by atoms with Crippen LogP contribution in [0.25, 0.3) is 11.4 Å². The molecule has 2 aromatic rings. The minimum atomic E-state index is -4.20. The summed E-state index contributed by atoms with van der Waals surface area (Å²) in [5.74, 6) is -0.995. The van der Waals surface area contributed by atoms with Crippen LogP contribution < -0.4 is 0 Å². The lowest BCUT2D eigenvalue weighted by Crippen LogP contribution is -2.30. The van der Waals surface area contributed by atoms with E-state index in [0.717, 1.165) is 0 Å². The van der Waals surface area contributed by atoms with E-state index >= 15 is 0 Å². The standard InChI is InChI=1S/C15H11F3N4/c16-15(17,18)11-5-6-12-13(7-11)21-22-14(20-12)10-3-1-9(8-19)2-4-10/h1-4,11H,5-7H2. The van der Waals surface area contributed by atoms with Crippen molar-refractivity contribution in [2.45, 2.75) is 25.4 Å². The Morgan fingerprint density at radius 1 is 1.09 bits per heavy atom. The van der Waals surface area contributed by atoms with Crippen LogP contribution in [-0.4, -0.2) is 21.4 Å². The smallest absolute Gasteiger partial charge is 0.230 e. The van der Waals surface area contributed by atoms with Crippen molar-refractivity contribution in [3.63, 3.8) is 0 Å². The largest absolute Gasteiger partial charge is 0.392 e. The van der Waals surface area contributed by atoms with E-state index in [1.165, 1.54) is 0 Å². The van der Waals surface area contributed by atoms with E-state index in [1.807, 2.05) is 6.07 Å². The Morgan fingerprint density at radius 2 is 1.82 bits per heavy atom. The summed E-state index contributed by atoms with van der Waals surface area (Å²) in [5, 5.41) is 16.6. The van der Waals surface area contributed by atoms with Crippen molar-refractivity contribution in [3.05, 3.63) is 41.2 Å². The van der Waals surface area contributed by atoms with Crippen molar-refractivity contribution in [3.8, 4) is 17.5 Å². The van der Waals surface area contributed by atoms with Crippen LogP contribution in [0.5, 0.6) is 0 Å². The fourth-order valence-corrected chi connectivity index (χ4v) is 2.48. The van der Waals surface area contributed by atoms with Gasteiger partial charge in [0.2, 0.25) is 0 Å². The average Bonchev–Trinajstić information content (AvgIpc) is 2.53. The van der Waals surface area contributed by atoms with Gasteiger partial charge < -0.3 is 0 Å². The molecule has 1 unspecified atom stereocenters. The van der Waals surface area contributed by atoms with Gasteiger partial charge in [-0.1, -0.05) is 0 Å². The van der Waals surface area contributed by atoms with Crippen molar-refractivity contribution < 1.29 is 13.2 Å². The fourth-order valence-electron chi connectivity index (χ4n) is 2.48. The highest BCUT2D eigenvalue weighted by molar-refractivity contribution is 5.56. The van der Waals surface area contributed by atoms with Gasteiger partial charge in [-0.25, -0.2) is 4.98 Å². The zero-order chi connectivity index (χ0) is 15.7. The summed E-state index contributed by atoms with van der Waals surface area (Å²) < 4.78 is 38.3. The van der Waals surface area contributed by atoms with E-state index < -0.39 is 12.1 Å². The molecule has 0 N–H and O–H groups in total. The van der Waals surface area contributed by atoms with Crippen molar-refractivity contribution in [2.24, 2.45) is 5.92 Å². The predicted octanol–water partition coefficient (Wildman–Crippen LogP) is 3.08. The van der Waals surface area contributed by atoms with Crippen LogP contribution in [0.4, 0.5) is 13.2 Å². The number of benzene rings is 1. The normalized spacial score (nSPS) is 17.6. The minimum Gasteiger partial charge on any atom is -0.230 e. The van der Waals surface area contributed by atoms with Crippen LogP contribution in [-0.2, 0) is 12.8 Å². The number of rotatable bonds is 1. The number of hydrogen-bond acceptors (Lipinski definition) is 4. The van der Waals surface area contributed by atoms with Crippen LogP contribution in [0, 0.1) is 17.2 Å². The molecule has 22 heavy (non-hydrogen) atoms. The van der Waals surface area contributed by atoms with Gasteiger partial charge in [0.05, 0.1) is 28.9 Å². The summed E-state index contributed by atoms with van der Waals surface area (Å²) in [4.78, 5) is 4.33. The number of nitriles is 1. The number of aromatic nitrogens is 3. The molecule has 1 aliphatic carbocycles. The Labute approximate surface area is 124 Å². The monoisotopic (exact) mass is 304 g/mol. The van der Waals surface area contributed by atoms with Crippen LogP contribution in [0.15, 0.2) is 24.3 Å². The maximum Gasteiger partial charge on any atom is 0.392 e. The molecular formula is C15H11F3N4. The van der Waals surface area contributed by atoms with Gasteiger partial charge in [-0.3, -0.25) is 0 Å². The summed E-state index contributed by atoms with van der Waals surface area (Å²) in [6.45, 7) is 0. The molecule has 1 atom stereocenters. The molecule has 4 nitrogen and oxygen atoms in total. The molecule has 1 aliphatic rings. The predicted molar refractivity (Wildman–Crippen MR) is 71.5 cm³/mol. The van der Waals surface area contributed by atoms with Crippen molar-refractivity contribution in [1.29, 1.82) is 5.26 Å². The average molecular weight is 304 g/mol. The highest BCUT2D eigenvalue weighted by Crippen LogP contribution is 2.36. The molecule has 1 heterocycles. The van der Waals surface area contributed by atoms with E-state index in [9.17, 15) is 13.2 Å². The number of alkyl halides is 3. The molecular weight excluding hydrogens is 293 g/mol. The highest BCUT2D eigenvalue weighted by atomic mass is 19.4. The molecule has 0 bridgehead atoms. The first kappa shape index (κ1) is 14.4. The minimum absolute atomic E-state index is 0.0298. The van der Waals surface area contributed by atoms with Gasteiger partial charge in [-0.15, -0.1) is 5.10 Å². The topological polar surface area (TPSA) is 62.5 Å². The molecule has 0 amide bonds. The number of halogens is 3. The molecule has 0 aliphatic heterocycles. The van der Waals surface area contributed by atoms with E-state index in [1.54, 1.807) is 24.3 Å². The molecule has 112 valence electrons.